The van der Waals surface area contributed by atoms with Gasteiger partial charge in [0, 0.05) is 12.6 Å². The van der Waals surface area contributed by atoms with Crippen LogP contribution in [0.3, 0.4) is 0 Å². The molecule has 1 fully saturated rings. The van der Waals surface area contributed by atoms with Gasteiger partial charge in [0.25, 0.3) is 0 Å². The van der Waals surface area contributed by atoms with Crippen molar-refractivity contribution in [3.63, 3.8) is 0 Å². The zero-order valence-corrected chi connectivity index (χ0v) is 14.5. The first-order valence-electron chi connectivity index (χ1n) is 7.79. The molecule has 2 atom stereocenters. The van der Waals surface area contributed by atoms with Gasteiger partial charge in [0.05, 0.1) is 0 Å². The fourth-order valence-electron chi connectivity index (χ4n) is 2.51. The minimum absolute atomic E-state index is 0.0367. The summed E-state index contributed by atoms with van der Waals surface area (Å²) in [6, 6.07) is -0.844. The molecule has 0 aromatic carbocycles. The third kappa shape index (κ3) is 5.48. The highest BCUT2D eigenvalue weighted by atomic mass is 16.6. The van der Waals surface area contributed by atoms with Crippen LogP contribution in [0.2, 0.25) is 0 Å². The predicted octanol–water partition coefficient (Wildman–Crippen LogP) is 2.48. The van der Waals surface area contributed by atoms with Gasteiger partial charge in [0.2, 0.25) is 0 Å². The first kappa shape index (κ1) is 18.7. The van der Waals surface area contributed by atoms with E-state index in [1.807, 2.05) is 0 Å². The number of likely N-dealkylation sites (tertiary alicyclic amines) is 1. The van der Waals surface area contributed by atoms with Crippen LogP contribution < -0.4 is 0 Å². The molecule has 1 rings (SSSR count). The van der Waals surface area contributed by atoms with Gasteiger partial charge in [-0.1, -0.05) is 0 Å². The molecule has 0 spiro atoms. The Morgan fingerprint density at radius 1 is 1.05 bits per heavy atom. The van der Waals surface area contributed by atoms with E-state index in [4.69, 9.17) is 9.47 Å². The second-order valence-corrected chi connectivity index (χ2v) is 7.68. The van der Waals surface area contributed by atoms with Crippen molar-refractivity contribution in [2.24, 2.45) is 0 Å². The Hall–Kier alpha value is -1.30. The smallest absolute Gasteiger partial charge is 0.411 e. The van der Waals surface area contributed by atoms with Gasteiger partial charge in [-0.05, 0) is 60.8 Å². The van der Waals surface area contributed by atoms with E-state index in [1.165, 1.54) is 4.90 Å². The van der Waals surface area contributed by atoms with Crippen LogP contribution in [0.1, 0.15) is 60.8 Å². The SMILES string of the molecule is CC(C)(C)OC(=O)[C@@H]1CC[C@@H](CCO)N1C(=O)OC(C)(C)C. The van der Waals surface area contributed by atoms with Crippen molar-refractivity contribution in [3.05, 3.63) is 0 Å². The highest BCUT2D eigenvalue weighted by Crippen LogP contribution is 2.30. The van der Waals surface area contributed by atoms with Crippen molar-refractivity contribution in [1.29, 1.82) is 0 Å². The molecular weight excluding hydrogens is 286 g/mol. The molecule has 1 aliphatic heterocycles. The van der Waals surface area contributed by atoms with Gasteiger partial charge in [0.1, 0.15) is 17.2 Å². The molecule has 0 aliphatic carbocycles. The average molecular weight is 315 g/mol. The molecule has 0 aromatic rings. The summed E-state index contributed by atoms with van der Waals surface area (Å²) in [6.07, 6.45) is 1.08. The lowest BCUT2D eigenvalue weighted by molar-refractivity contribution is -0.160. The lowest BCUT2D eigenvalue weighted by atomic mass is 10.1. The molecular formula is C16H29NO5. The normalized spacial score (nSPS) is 22.6. The van der Waals surface area contributed by atoms with E-state index >= 15 is 0 Å². The van der Waals surface area contributed by atoms with E-state index in [1.54, 1.807) is 41.5 Å². The van der Waals surface area contributed by atoms with Crippen molar-refractivity contribution in [1.82, 2.24) is 4.90 Å². The molecule has 0 bridgehead atoms. The lowest BCUT2D eigenvalue weighted by Gasteiger charge is -2.32. The first-order chi connectivity index (χ1) is 9.94. The van der Waals surface area contributed by atoms with Crippen molar-refractivity contribution in [2.45, 2.75) is 84.1 Å². The van der Waals surface area contributed by atoms with Gasteiger partial charge in [0.15, 0.2) is 0 Å². The van der Waals surface area contributed by atoms with Gasteiger partial charge in [-0.15, -0.1) is 0 Å². The summed E-state index contributed by atoms with van der Waals surface area (Å²) < 4.78 is 10.8. The largest absolute Gasteiger partial charge is 0.458 e. The van der Waals surface area contributed by atoms with E-state index in [0.29, 0.717) is 19.3 Å². The van der Waals surface area contributed by atoms with Crippen LogP contribution in [-0.4, -0.2) is 52.0 Å². The maximum absolute atomic E-state index is 12.4. The van der Waals surface area contributed by atoms with Crippen molar-refractivity contribution >= 4 is 12.1 Å². The molecule has 6 nitrogen and oxygen atoms in total. The summed E-state index contributed by atoms with van der Waals surface area (Å²) in [6.45, 7) is 10.7. The molecule has 128 valence electrons. The number of ether oxygens (including phenoxy) is 2. The number of rotatable bonds is 3. The standard InChI is InChI=1S/C16H29NO5/c1-15(2,3)21-13(19)12-8-7-11(9-10-18)17(12)14(20)22-16(4,5)6/h11-12,18H,7-10H2,1-6H3/t11-,12-/m0/s1. The number of aliphatic hydroxyl groups is 1. The number of hydrogen-bond acceptors (Lipinski definition) is 5. The number of carbonyl (C=O) groups excluding carboxylic acids is 2. The summed E-state index contributed by atoms with van der Waals surface area (Å²) in [5.74, 6) is -0.418. The molecule has 0 unspecified atom stereocenters. The molecule has 1 heterocycles. The Kier molecular flexibility index (Phi) is 5.84. The monoisotopic (exact) mass is 315 g/mol. The Labute approximate surface area is 132 Å². The van der Waals surface area contributed by atoms with Gasteiger partial charge >= 0.3 is 12.1 Å². The van der Waals surface area contributed by atoms with Crippen LogP contribution in [0.5, 0.6) is 0 Å². The summed E-state index contributed by atoms with van der Waals surface area (Å²) in [4.78, 5) is 26.2. The van der Waals surface area contributed by atoms with Crippen LogP contribution in [0, 0.1) is 0 Å². The third-order valence-corrected chi connectivity index (χ3v) is 3.25. The fraction of sp³-hybridized carbons (Fsp3) is 0.875. The summed E-state index contributed by atoms with van der Waals surface area (Å²) in [5, 5.41) is 9.18. The van der Waals surface area contributed by atoms with Crippen LogP contribution in [0.4, 0.5) is 4.79 Å². The average Bonchev–Trinajstić information content (AvgIpc) is 2.68. The topological polar surface area (TPSA) is 76.1 Å². The van der Waals surface area contributed by atoms with Crippen LogP contribution in [0.25, 0.3) is 0 Å². The molecule has 6 heteroatoms. The Morgan fingerprint density at radius 2 is 1.59 bits per heavy atom. The van der Waals surface area contributed by atoms with E-state index in [0.717, 1.165) is 0 Å². The van der Waals surface area contributed by atoms with Gasteiger partial charge in [-0.25, -0.2) is 9.59 Å². The van der Waals surface area contributed by atoms with Crippen LogP contribution in [0.15, 0.2) is 0 Å². The Balaban J connectivity index is 2.91. The molecule has 0 aromatic heterocycles. The summed E-state index contributed by atoms with van der Waals surface area (Å²) in [5.41, 5.74) is -1.24. The van der Waals surface area contributed by atoms with Crippen LogP contribution in [-0.2, 0) is 14.3 Å². The molecule has 1 amide bonds. The summed E-state index contributed by atoms with van der Waals surface area (Å²) in [7, 11) is 0. The lowest BCUT2D eigenvalue weighted by Crippen LogP contribution is -2.49. The molecule has 1 saturated heterocycles. The molecule has 1 N–H and O–H groups in total. The predicted molar refractivity (Wildman–Crippen MR) is 82.4 cm³/mol. The highest BCUT2D eigenvalue weighted by Gasteiger charge is 2.44. The first-order valence-corrected chi connectivity index (χ1v) is 7.79. The maximum atomic E-state index is 12.4. The minimum Gasteiger partial charge on any atom is -0.458 e. The third-order valence-electron chi connectivity index (χ3n) is 3.25. The van der Waals surface area contributed by atoms with E-state index in [9.17, 15) is 14.7 Å². The quantitative estimate of drug-likeness (QED) is 0.810. The zero-order valence-electron chi connectivity index (χ0n) is 14.5. The molecule has 0 saturated carbocycles. The number of hydrogen-bond donors (Lipinski definition) is 1. The Morgan fingerprint density at radius 3 is 2.05 bits per heavy atom. The van der Waals surface area contributed by atoms with E-state index in [-0.39, 0.29) is 12.6 Å². The second kappa shape index (κ2) is 6.86. The van der Waals surface area contributed by atoms with Crippen molar-refractivity contribution < 1.29 is 24.2 Å². The van der Waals surface area contributed by atoms with Crippen molar-refractivity contribution in [3.8, 4) is 0 Å². The second-order valence-electron chi connectivity index (χ2n) is 7.68. The molecule has 0 radical (unpaired) electrons. The van der Waals surface area contributed by atoms with Gasteiger partial charge in [-0.2, -0.15) is 0 Å². The molecule has 1 aliphatic rings. The fourth-order valence-corrected chi connectivity index (χ4v) is 2.51. The number of nitrogens with zero attached hydrogens (tertiary/aromatic N) is 1. The Bertz CT molecular complexity index is 408. The number of amides is 1. The number of aliphatic hydroxyl groups excluding tert-OH is 1. The maximum Gasteiger partial charge on any atom is 0.411 e. The molecule has 22 heavy (non-hydrogen) atoms. The highest BCUT2D eigenvalue weighted by molar-refractivity contribution is 5.82. The van der Waals surface area contributed by atoms with Crippen molar-refractivity contribution in [2.75, 3.05) is 6.61 Å². The number of esters is 1. The number of carbonyl (C=O) groups is 2. The zero-order chi connectivity index (χ0) is 17.1. The van der Waals surface area contributed by atoms with Gasteiger partial charge in [-0.3, -0.25) is 4.90 Å². The minimum atomic E-state index is -0.648. The summed E-state index contributed by atoms with van der Waals surface area (Å²) >= 11 is 0. The van der Waals surface area contributed by atoms with E-state index in [2.05, 4.69) is 0 Å². The van der Waals surface area contributed by atoms with Crippen LogP contribution >= 0.6 is 0 Å². The van der Waals surface area contributed by atoms with E-state index < -0.39 is 29.3 Å². The van der Waals surface area contributed by atoms with Gasteiger partial charge < -0.3 is 14.6 Å².